The fourth-order valence-corrected chi connectivity index (χ4v) is 4.44. The highest BCUT2D eigenvalue weighted by atomic mass is 35.5. The Bertz CT molecular complexity index is 1040. The summed E-state index contributed by atoms with van der Waals surface area (Å²) >= 11 is 6.28. The lowest BCUT2D eigenvalue weighted by atomic mass is 10.1. The van der Waals surface area contributed by atoms with Crippen LogP contribution in [0.3, 0.4) is 0 Å². The number of nitrogens with one attached hydrogen (secondary N) is 1. The van der Waals surface area contributed by atoms with Gasteiger partial charge in [-0.05, 0) is 36.6 Å². The minimum atomic E-state index is -3.75. The maximum atomic E-state index is 13.4. The van der Waals surface area contributed by atoms with Crippen LogP contribution in [0.2, 0.25) is 5.02 Å². The number of likely N-dealkylation sites (N-methyl/N-ethyl adjacent to an activating group) is 1. The fourth-order valence-electron chi connectivity index (χ4n) is 3.33. The van der Waals surface area contributed by atoms with Crippen LogP contribution in [0.25, 0.3) is 0 Å². The van der Waals surface area contributed by atoms with Crippen molar-refractivity contribution in [3.8, 4) is 0 Å². The third kappa shape index (κ3) is 6.21. The molecule has 0 aliphatic carbocycles. The van der Waals surface area contributed by atoms with Crippen molar-refractivity contribution in [3.63, 3.8) is 0 Å². The van der Waals surface area contributed by atoms with E-state index in [4.69, 9.17) is 11.6 Å². The molecule has 9 heteroatoms. The molecule has 0 radical (unpaired) electrons. The zero-order valence-electron chi connectivity index (χ0n) is 18.1. The zero-order valence-corrected chi connectivity index (χ0v) is 19.7. The predicted octanol–water partition coefficient (Wildman–Crippen LogP) is 2.97. The standard InChI is InChI=1S/C22H28ClN3O4S/c1-5-19(22(28)24-3)25(14-17-11-7-8-12-18(17)23)21(27)15-26(31(4,29)30)20-13-9-6-10-16(20)2/h6-13,19H,5,14-15H2,1-4H3,(H,24,28)/t19-/m1/s1. The predicted molar refractivity (Wildman–Crippen MR) is 124 cm³/mol. The second kappa shape index (κ2) is 10.6. The van der Waals surface area contributed by atoms with Crippen LogP contribution in [0.15, 0.2) is 48.5 Å². The number of amides is 2. The first-order valence-electron chi connectivity index (χ1n) is 9.88. The van der Waals surface area contributed by atoms with E-state index >= 15 is 0 Å². The van der Waals surface area contributed by atoms with Crippen LogP contribution >= 0.6 is 11.6 Å². The van der Waals surface area contributed by atoms with Gasteiger partial charge in [-0.1, -0.05) is 54.9 Å². The summed E-state index contributed by atoms with van der Waals surface area (Å²) in [4.78, 5) is 27.3. The summed E-state index contributed by atoms with van der Waals surface area (Å²) in [5.74, 6) is -0.825. The quantitative estimate of drug-likeness (QED) is 0.616. The molecule has 168 valence electrons. The molecule has 7 nitrogen and oxygen atoms in total. The number of sulfonamides is 1. The average molecular weight is 466 g/mol. The molecule has 31 heavy (non-hydrogen) atoms. The lowest BCUT2D eigenvalue weighted by Gasteiger charge is -2.33. The van der Waals surface area contributed by atoms with Crippen molar-refractivity contribution in [3.05, 3.63) is 64.7 Å². The number of para-hydroxylation sites is 1. The van der Waals surface area contributed by atoms with Crippen LogP contribution in [-0.2, 0) is 26.2 Å². The normalized spacial score (nSPS) is 12.2. The molecule has 2 aromatic carbocycles. The molecule has 0 heterocycles. The molecule has 0 fully saturated rings. The third-order valence-corrected chi connectivity index (χ3v) is 6.49. The number of carbonyl (C=O) groups excluding carboxylic acids is 2. The zero-order chi connectivity index (χ0) is 23.2. The third-order valence-electron chi connectivity index (χ3n) is 4.99. The lowest BCUT2D eigenvalue weighted by molar-refractivity contribution is -0.140. The van der Waals surface area contributed by atoms with E-state index < -0.39 is 28.5 Å². The Morgan fingerprint density at radius 1 is 1.10 bits per heavy atom. The molecule has 0 aromatic heterocycles. The molecular formula is C22H28ClN3O4S. The van der Waals surface area contributed by atoms with Gasteiger partial charge in [-0.15, -0.1) is 0 Å². The van der Waals surface area contributed by atoms with Crippen molar-refractivity contribution < 1.29 is 18.0 Å². The first-order chi connectivity index (χ1) is 14.6. The Morgan fingerprint density at radius 3 is 2.26 bits per heavy atom. The molecule has 1 atom stereocenters. The van der Waals surface area contributed by atoms with Gasteiger partial charge in [-0.2, -0.15) is 0 Å². The van der Waals surface area contributed by atoms with E-state index in [0.29, 0.717) is 22.7 Å². The van der Waals surface area contributed by atoms with Gasteiger partial charge in [0, 0.05) is 18.6 Å². The molecule has 2 rings (SSSR count). The summed E-state index contributed by atoms with van der Waals surface area (Å²) in [6.07, 6.45) is 1.42. The van der Waals surface area contributed by atoms with E-state index in [2.05, 4.69) is 5.32 Å². The summed E-state index contributed by atoms with van der Waals surface area (Å²) < 4.78 is 26.1. The Kier molecular flexibility index (Phi) is 8.47. The molecule has 2 amide bonds. The van der Waals surface area contributed by atoms with Gasteiger partial charge in [0.05, 0.1) is 11.9 Å². The molecule has 0 saturated heterocycles. The molecule has 0 bridgehead atoms. The van der Waals surface area contributed by atoms with Crippen molar-refractivity contribution in [1.82, 2.24) is 10.2 Å². The molecule has 0 aliphatic rings. The smallest absolute Gasteiger partial charge is 0.244 e. The summed E-state index contributed by atoms with van der Waals surface area (Å²) in [7, 11) is -2.25. The number of anilines is 1. The van der Waals surface area contributed by atoms with Gasteiger partial charge in [-0.3, -0.25) is 13.9 Å². The molecule has 2 aromatic rings. The number of carbonyl (C=O) groups is 2. The second-order valence-electron chi connectivity index (χ2n) is 7.21. The Balaban J connectivity index is 2.46. The minimum Gasteiger partial charge on any atom is -0.357 e. The van der Waals surface area contributed by atoms with Gasteiger partial charge in [0.25, 0.3) is 0 Å². The topological polar surface area (TPSA) is 86.8 Å². The molecule has 1 N–H and O–H groups in total. The van der Waals surface area contributed by atoms with E-state index in [1.807, 2.05) is 0 Å². The summed E-state index contributed by atoms with van der Waals surface area (Å²) in [5.41, 5.74) is 1.81. The van der Waals surface area contributed by atoms with Gasteiger partial charge in [-0.25, -0.2) is 8.42 Å². The summed E-state index contributed by atoms with van der Waals surface area (Å²) in [5, 5.41) is 3.04. The lowest BCUT2D eigenvalue weighted by Crippen LogP contribution is -2.51. The average Bonchev–Trinajstić information content (AvgIpc) is 2.72. The van der Waals surface area contributed by atoms with Gasteiger partial charge < -0.3 is 10.2 Å². The number of hydrogen-bond donors (Lipinski definition) is 1. The van der Waals surface area contributed by atoms with Gasteiger partial charge >= 0.3 is 0 Å². The van der Waals surface area contributed by atoms with Crippen LogP contribution in [-0.4, -0.2) is 51.0 Å². The Labute approximate surface area is 189 Å². The Morgan fingerprint density at radius 2 is 1.71 bits per heavy atom. The van der Waals surface area contributed by atoms with Gasteiger partial charge in [0.2, 0.25) is 21.8 Å². The number of benzene rings is 2. The second-order valence-corrected chi connectivity index (χ2v) is 9.52. The number of nitrogens with zero attached hydrogens (tertiary/aromatic N) is 2. The van der Waals surface area contributed by atoms with E-state index in [-0.39, 0.29) is 12.5 Å². The first-order valence-corrected chi connectivity index (χ1v) is 12.1. The van der Waals surface area contributed by atoms with E-state index in [1.54, 1.807) is 62.4 Å². The fraction of sp³-hybridized carbons (Fsp3) is 0.364. The maximum Gasteiger partial charge on any atom is 0.244 e. The number of hydrogen-bond acceptors (Lipinski definition) is 4. The van der Waals surface area contributed by atoms with E-state index in [1.165, 1.54) is 11.9 Å². The van der Waals surface area contributed by atoms with E-state index in [9.17, 15) is 18.0 Å². The summed E-state index contributed by atoms with van der Waals surface area (Å²) in [6, 6.07) is 13.2. The monoisotopic (exact) mass is 465 g/mol. The molecule has 0 spiro atoms. The molecule has 0 saturated carbocycles. The highest BCUT2D eigenvalue weighted by Gasteiger charge is 2.31. The van der Waals surface area contributed by atoms with E-state index in [0.717, 1.165) is 16.1 Å². The van der Waals surface area contributed by atoms with Crippen LogP contribution in [0, 0.1) is 6.92 Å². The maximum absolute atomic E-state index is 13.4. The number of halogens is 1. The first kappa shape index (κ1) is 24.7. The van der Waals surface area contributed by atoms with Crippen molar-refractivity contribution in [1.29, 1.82) is 0 Å². The number of rotatable bonds is 9. The van der Waals surface area contributed by atoms with Crippen molar-refractivity contribution in [2.75, 3.05) is 24.2 Å². The van der Waals surface area contributed by atoms with Crippen LogP contribution in [0.5, 0.6) is 0 Å². The van der Waals surface area contributed by atoms with Crippen molar-refractivity contribution >= 4 is 39.1 Å². The van der Waals surface area contributed by atoms with Crippen LogP contribution in [0.4, 0.5) is 5.69 Å². The minimum absolute atomic E-state index is 0.0792. The number of aryl methyl sites for hydroxylation is 1. The highest BCUT2D eigenvalue weighted by Crippen LogP contribution is 2.24. The van der Waals surface area contributed by atoms with Crippen LogP contribution in [0.1, 0.15) is 24.5 Å². The largest absolute Gasteiger partial charge is 0.357 e. The Hall–Kier alpha value is -2.58. The van der Waals surface area contributed by atoms with Crippen LogP contribution < -0.4 is 9.62 Å². The van der Waals surface area contributed by atoms with Gasteiger partial charge in [0.15, 0.2) is 0 Å². The molecule has 0 aliphatic heterocycles. The highest BCUT2D eigenvalue weighted by molar-refractivity contribution is 7.92. The van der Waals surface area contributed by atoms with Crippen molar-refractivity contribution in [2.24, 2.45) is 0 Å². The SMILES string of the molecule is CC[C@H](C(=O)NC)N(Cc1ccccc1Cl)C(=O)CN(c1ccccc1C)S(C)(=O)=O. The molecular weight excluding hydrogens is 438 g/mol. The molecule has 0 unspecified atom stereocenters. The summed E-state index contributed by atoms with van der Waals surface area (Å²) in [6.45, 7) is 3.22. The van der Waals surface area contributed by atoms with Crippen molar-refractivity contribution in [2.45, 2.75) is 32.9 Å². The van der Waals surface area contributed by atoms with Gasteiger partial charge in [0.1, 0.15) is 12.6 Å².